The number of nitrogens with one attached hydrogen (secondary N) is 2. The van der Waals surface area contributed by atoms with Crippen molar-refractivity contribution >= 4 is 48.6 Å². The molecule has 7 N–H and O–H groups in total. The van der Waals surface area contributed by atoms with E-state index in [2.05, 4.69) is 10.6 Å². The van der Waals surface area contributed by atoms with Gasteiger partial charge in [0, 0.05) is 37.8 Å². The van der Waals surface area contributed by atoms with E-state index < -0.39 is 123 Å². The van der Waals surface area contributed by atoms with Gasteiger partial charge in [0.25, 0.3) is 5.91 Å². The molecule has 0 spiro atoms. The van der Waals surface area contributed by atoms with Gasteiger partial charge in [-0.2, -0.15) is 0 Å². The van der Waals surface area contributed by atoms with Gasteiger partial charge in [-0.15, -0.1) is 0 Å². The third-order valence-corrected chi connectivity index (χ3v) is 9.95. The summed E-state index contributed by atoms with van der Waals surface area (Å²) < 4.78 is 62.8. The first-order chi connectivity index (χ1) is 26.0. The molecule has 0 aromatic heterocycles. The lowest BCUT2D eigenvalue weighted by Gasteiger charge is -2.36. The Morgan fingerprint density at radius 1 is 0.909 bits per heavy atom. The monoisotopic (exact) mass is 793 g/mol. The van der Waals surface area contributed by atoms with Gasteiger partial charge in [0.05, 0.1) is 11.0 Å². The van der Waals surface area contributed by atoms with Crippen LogP contribution in [-0.4, -0.2) is 115 Å². The van der Waals surface area contributed by atoms with Crippen LogP contribution in [0.4, 0.5) is 27.2 Å². The van der Waals surface area contributed by atoms with E-state index in [1.54, 1.807) is 0 Å². The number of phenols is 3. The molecule has 0 radical (unpaired) electrons. The minimum absolute atomic E-state index is 0.0170. The number of amides is 6. The summed E-state index contributed by atoms with van der Waals surface area (Å²) in [7, 11) is -1.97. The van der Waals surface area contributed by atoms with Crippen LogP contribution in [0.15, 0.2) is 30.3 Å². The van der Waals surface area contributed by atoms with Crippen LogP contribution >= 0.6 is 11.6 Å². The summed E-state index contributed by atoms with van der Waals surface area (Å²) in [6, 6.07) is -0.560. The summed E-state index contributed by atoms with van der Waals surface area (Å²) in [4.78, 5) is 68.5. The average molecular weight is 794 g/mol. The summed E-state index contributed by atoms with van der Waals surface area (Å²) in [5.41, 5.74) is -2.33. The zero-order valence-corrected chi connectivity index (χ0v) is 28.8. The van der Waals surface area contributed by atoms with Crippen LogP contribution in [0.3, 0.4) is 0 Å². The molecule has 2 fully saturated rings. The Morgan fingerprint density at radius 2 is 1.56 bits per heavy atom. The molecule has 3 heterocycles. The minimum Gasteiger partial charge on any atom is -0.534 e. The number of carbonyl (C=O) groups is 5. The van der Waals surface area contributed by atoms with Gasteiger partial charge >= 0.3 is 25.1 Å². The molecule has 2 atom stereocenters. The number of aromatic hydroxyl groups is 3. The predicted molar refractivity (Wildman–Crippen MR) is 179 cm³/mol. The van der Waals surface area contributed by atoms with Gasteiger partial charge in [-0.25, -0.2) is 36.8 Å². The van der Waals surface area contributed by atoms with Crippen molar-refractivity contribution in [3.05, 3.63) is 80.9 Å². The first kappa shape index (κ1) is 38.8. The number of urea groups is 2. The highest BCUT2D eigenvalue weighted by Crippen LogP contribution is 2.41. The topological polar surface area (TPSA) is 230 Å². The van der Waals surface area contributed by atoms with E-state index in [0.29, 0.717) is 11.0 Å². The molecule has 2 saturated heterocycles. The fourth-order valence-corrected chi connectivity index (χ4v) is 6.95. The molecular formula is C33H29BClF4N5O11. The number of phenolic OH excluding ortho intramolecular Hbond substituents is 3. The Balaban J connectivity index is 1.17. The molecular weight excluding hydrogens is 765 g/mol. The lowest BCUT2D eigenvalue weighted by molar-refractivity contribution is -0.123. The van der Waals surface area contributed by atoms with Crippen molar-refractivity contribution in [1.82, 2.24) is 25.3 Å². The van der Waals surface area contributed by atoms with E-state index in [0.717, 1.165) is 29.2 Å². The minimum atomic E-state index is -2.02. The van der Waals surface area contributed by atoms with E-state index in [1.165, 1.54) is 4.90 Å². The number of likely N-dealkylation sites (tertiary alicyclic amines) is 1. The van der Waals surface area contributed by atoms with Crippen molar-refractivity contribution in [1.29, 1.82) is 0 Å². The third kappa shape index (κ3) is 7.19. The number of fused-ring (bicyclic) bond motifs is 1. The normalized spacial score (nSPS) is 17.8. The van der Waals surface area contributed by atoms with Crippen LogP contribution < -0.4 is 15.3 Å². The molecule has 3 aliphatic rings. The van der Waals surface area contributed by atoms with E-state index in [4.69, 9.17) is 16.3 Å². The Morgan fingerprint density at radius 3 is 2.24 bits per heavy atom. The second-order valence-electron chi connectivity index (χ2n) is 12.8. The largest absolute Gasteiger partial charge is 0.547 e. The molecule has 55 heavy (non-hydrogen) atoms. The van der Waals surface area contributed by atoms with Crippen LogP contribution in [0.2, 0.25) is 5.02 Å². The molecule has 0 unspecified atom stereocenters. The van der Waals surface area contributed by atoms with Gasteiger partial charge in [-0.1, -0.05) is 17.7 Å². The van der Waals surface area contributed by atoms with Gasteiger partial charge in [0.2, 0.25) is 5.91 Å². The zero-order chi connectivity index (χ0) is 40.0. The summed E-state index contributed by atoms with van der Waals surface area (Å²) in [5.74, 6) is -14.3. The standard InChI is InChI=1S/C33H29BClF4N5O11/c35-23-15(12-18(38)26(46)27(23)47)25(29(48)40-20-11-13-1-2-17(37)22(31(50)51)28(13)55-34(20)54)41-32(52)44-10-9-43(33(44)53)14-5-7-42(8-6-14)30(49)21-16(36)3-4-19(45)24(21)39/h1-4,12,14,20,25,45-47,54H,5-11H2,(H,40,48)(H,41,52)(H,50,51)/t20-,25+/m0/s1. The number of hydrogen-bond donors (Lipinski definition) is 7. The van der Waals surface area contributed by atoms with Gasteiger partial charge in [0.1, 0.15) is 34.6 Å². The zero-order valence-electron chi connectivity index (χ0n) is 28.1. The number of hydrogen-bond acceptors (Lipinski definition) is 10. The number of carboxylic acid groups (broad SMARTS) is 1. The number of piperidine rings is 1. The van der Waals surface area contributed by atoms with Crippen LogP contribution in [-0.2, 0) is 11.2 Å². The molecule has 6 amide bonds. The quantitative estimate of drug-likeness (QED) is 0.105. The van der Waals surface area contributed by atoms with E-state index in [-0.39, 0.29) is 51.0 Å². The highest BCUT2D eigenvalue weighted by atomic mass is 35.5. The van der Waals surface area contributed by atoms with E-state index >= 15 is 0 Å². The van der Waals surface area contributed by atoms with Gasteiger partial charge in [0.15, 0.2) is 28.9 Å². The lowest BCUT2D eigenvalue weighted by Crippen LogP contribution is -2.56. The van der Waals surface area contributed by atoms with Crippen LogP contribution in [0.25, 0.3) is 0 Å². The fourth-order valence-electron chi connectivity index (χ4n) is 6.70. The summed E-state index contributed by atoms with van der Waals surface area (Å²) in [6.45, 7) is -0.330. The number of imide groups is 1. The second-order valence-corrected chi connectivity index (χ2v) is 13.2. The number of aromatic carboxylic acids is 1. The maximum Gasteiger partial charge on any atom is 0.547 e. The van der Waals surface area contributed by atoms with E-state index in [9.17, 15) is 67.0 Å². The molecule has 3 aromatic carbocycles. The molecule has 0 saturated carbocycles. The maximum atomic E-state index is 14.7. The molecule has 0 bridgehead atoms. The lowest BCUT2D eigenvalue weighted by atomic mass is 9.72. The third-order valence-electron chi connectivity index (χ3n) is 9.55. The number of halogens is 5. The fraction of sp³-hybridized carbons (Fsp3) is 0.303. The summed E-state index contributed by atoms with van der Waals surface area (Å²) >= 11 is 6.16. The van der Waals surface area contributed by atoms with Gasteiger partial charge < -0.3 is 50.5 Å². The second kappa shape index (κ2) is 15.1. The van der Waals surface area contributed by atoms with Gasteiger partial charge in [-0.05, 0) is 49.1 Å². The highest BCUT2D eigenvalue weighted by molar-refractivity contribution is 6.47. The number of carbonyl (C=O) groups excluding carboxylic acids is 4. The summed E-state index contributed by atoms with van der Waals surface area (Å²) in [5, 5.41) is 53.6. The Kier molecular flexibility index (Phi) is 10.6. The predicted octanol–water partition coefficient (Wildman–Crippen LogP) is 2.64. The number of rotatable bonds is 7. The van der Waals surface area contributed by atoms with Gasteiger partial charge in [-0.3, -0.25) is 9.59 Å². The van der Waals surface area contributed by atoms with Crippen molar-refractivity contribution in [2.24, 2.45) is 0 Å². The Hall–Kier alpha value is -5.96. The first-order valence-electron chi connectivity index (χ1n) is 16.4. The van der Waals surface area contributed by atoms with Crippen LogP contribution in [0.1, 0.15) is 50.7 Å². The van der Waals surface area contributed by atoms with Crippen LogP contribution in [0, 0.1) is 23.3 Å². The van der Waals surface area contributed by atoms with Crippen molar-refractivity contribution in [2.75, 3.05) is 26.2 Å². The molecule has 3 aromatic rings. The summed E-state index contributed by atoms with van der Waals surface area (Å²) in [6.07, 6.45) is -0.0531. The van der Waals surface area contributed by atoms with Crippen molar-refractivity contribution < 1.29 is 71.6 Å². The molecule has 6 rings (SSSR count). The molecule has 290 valence electrons. The molecule has 3 aliphatic heterocycles. The number of carboxylic acids is 1. The number of nitrogens with zero attached hydrogens (tertiary/aromatic N) is 3. The smallest absolute Gasteiger partial charge is 0.534 e. The Bertz CT molecular complexity index is 2130. The van der Waals surface area contributed by atoms with Crippen molar-refractivity contribution in [2.45, 2.75) is 37.3 Å². The first-order valence-corrected chi connectivity index (χ1v) is 16.8. The number of benzene rings is 3. The maximum absolute atomic E-state index is 14.7. The molecule has 22 heteroatoms. The van der Waals surface area contributed by atoms with E-state index in [1.807, 2.05) is 0 Å². The Labute approximate surface area is 312 Å². The SMILES string of the molecule is O=C(O)c1c(F)ccc2c1OB(O)[C@@H](NC(=O)[C@H](NC(=O)N1CCN(C3CCN(C(=O)c4c(F)ccc(O)c4F)CC3)C1=O)c1cc(F)c(O)c(O)c1Cl)C2. The van der Waals surface area contributed by atoms with Crippen molar-refractivity contribution in [3.63, 3.8) is 0 Å². The molecule has 0 aliphatic carbocycles. The highest BCUT2D eigenvalue weighted by Gasteiger charge is 2.43. The van der Waals surface area contributed by atoms with Crippen LogP contribution in [0.5, 0.6) is 23.0 Å². The van der Waals surface area contributed by atoms with Crippen molar-refractivity contribution in [3.8, 4) is 23.0 Å². The average Bonchev–Trinajstić information content (AvgIpc) is 3.54. The molecule has 16 nitrogen and oxygen atoms in total.